The molecule has 84 valence electrons. The summed E-state index contributed by atoms with van der Waals surface area (Å²) in [5.74, 6) is 1.25. The number of anilines is 1. The predicted octanol–water partition coefficient (Wildman–Crippen LogP) is 3.08. The molecule has 2 N–H and O–H groups in total. The maximum Gasteiger partial charge on any atom is 0.0647 e. The lowest BCUT2D eigenvalue weighted by Crippen LogP contribution is -2.02. The molecule has 0 saturated heterocycles. The summed E-state index contributed by atoms with van der Waals surface area (Å²) >= 11 is 5.86. The molecule has 2 nitrogen and oxygen atoms in total. The van der Waals surface area contributed by atoms with Crippen LogP contribution < -0.4 is 5.73 Å². The summed E-state index contributed by atoms with van der Waals surface area (Å²) in [6.45, 7) is 4.24. The summed E-state index contributed by atoms with van der Waals surface area (Å²) in [6, 6.07) is 5.16. The summed E-state index contributed by atoms with van der Waals surface area (Å²) in [5, 5.41) is 0.477. The van der Waals surface area contributed by atoms with Gasteiger partial charge in [-0.05, 0) is 30.5 Å². The topological polar surface area (TPSA) is 43.1 Å². The molecule has 4 heteroatoms. The maximum atomic E-state index is 11.8. The molecule has 15 heavy (non-hydrogen) atoms. The smallest absolute Gasteiger partial charge is 0.0647 e. The van der Waals surface area contributed by atoms with Gasteiger partial charge in [0.25, 0.3) is 0 Å². The molecule has 1 aromatic carbocycles. The lowest BCUT2D eigenvalue weighted by atomic mass is 10.2. The number of hydrogen-bond acceptors (Lipinski definition) is 2. The van der Waals surface area contributed by atoms with Crippen molar-refractivity contribution < 1.29 is 4.21 Å². The zero-order valence-corrected chi connectivity index (χ0v) is 10.6. The fourth-order valence-electron chi connectivity index (χ4n) is 1.11. The molecule has 1 atom stereocenters. The molecule has 0 aliphatic rings. The van der Waals surface area contributed by atoms with Gasteiger partial charge in [0.2, 0.25) is 0 Å². The van der Waals surface area contributed by atoms with Crippen LogP contribution in [0.2, 0.25) is 5.02 Å². The van der Waals surface area contributed by atoms with E-state index in [1.54, 1.807) is 18.2 Å². The fraction of sp³-hybridized carbons (Fsp3) is 0.455. The SMILES string of the molecule is CC(C)CCS(=O)c1ccc(N)c(Cl)c1. The molecule has 0 saturated carbocycles. The Morgan fingerprint density at radius 3 is 2.67 bits per heavy atom. The first-order chi connectivity index (χ1) is 7.00. The average Bonchev–Trinajstić information content (AvgIpc) is 2.18. The van der Waals surface area contributed by atoms with Crippen LogP contribution in [0.5, 0.6) is 0 Å². The summed E-state index contributed by atoms with van der Waals surface area (Å²) < 4.78 is 11.8. The Labute approximate surface area is 98.3 Å². The van der Waals surface area contributed by atoms with Crippen LogP contribution in [-0.2, 0) is 10.8 Å². The molecule has 0 fully saturated rings. The highest BCUT2D eigenvalue weighted by molar-refractivity contribution is 7.85. The molecule has 0 bridgehead atoms. The molecule has 0 spiro atoms. The van der Waals surface area contributed by atoms with Crippen LogP contribution in [0.15, 0.2) is 23.1 Å². The van der Waals surface area contributed by atoms with Crippen molar-refractivity contribution in [3.8, 4) is 0 Å². The van der Waals surface area contributed by atoms with Crippen molar-refractivity contribution in [2.24, 2.45) is 5.92 Å². The number of halogens is 1. The van der Waals surface area contributed by atoms with Crippen molar-refractivity contribution in [3.05, 3.63) is 23.2 Å². The van der Waals surface area contributed by atoms with Gasteiger partial charge in [-0.2, -0.15) is 0 Å². The Bertz CT molecular complexity index is 366. The van der Waals surface area contributed by atoms with Crippen molar-refractivity contribution in [1.82, 2.24) is 0 Å². The van der Waals surface area contributed by atoms with Crippen molar-refractivity contribution >= 4 is 28.1 Å². The van der Waals surface area contributed by atoms with E-state index in [1.807, 2.05) is 0 Å². The first-order valence-electron chi connectivity index (χ1n) is 4.94. The zero-order valence-electron chi connectivity index (χ0n) is 9.00. The number of rotatable bonds is 4. The van der Waals surface area contributed by atoms with E-state index in [0.29, 0.717) is 22.4 Å². The van der Waals surface area contributed by atoms with Gasteiger partial charge in [-0.15, -0.1) is 0 Å². The van der Waals surface area contributed by atoms with Gasteiger partial charge in [0.05, 0.1) is 21.5 Å². The van der Waals surface area contributed by atoms with Crippen LogP contribution in [0.1, 0.15) is 20.3 Å². The summed E-state index contributed by atoms with van der Waals surface area (Å²) in [7, 11) is -0.963. The Balaban J connectivity index is 2.70. The third-order valence-electron chi connectivity index (χ3n) is 2.12. The molecule has 0 amide bonds. The van der Waals surface area contributed by atoms with Crippen molar-refractivity contribution in [3.63, 3.8) is 0 Å². The third kappa shape index (κ3) is 3.84. The van der Waals surface area contributed by atoms with Gasteiger partial charge in [-0.25, -0.2) is 0 Å². The number of nitrogen functional groups attached to an aromatic ring is 1. The highest BCUT2D eigenvalue weighted by atomic mass is 35.5. The first kappa shape index (κ1) is 12.5. The highest BCUT2D eigenvalue weighted by Gasteiger charge is 2.07. The van der Waals surface area contributed by atoms with Crippen LogP contribution in [0, 0.1) is 5.92 Å². The van der Waals surface area contributed by atoms with Crippen LogP contribution >= 0.6 is 11.6 Å². The molecule has 1 unspecified atom stereocenters. The molecule has 0 radical (unpaired) electrons. The van der Waals surface area contributed by atoms with Crippen LogP contribution in [-0.4, -0.2) is 9.96 Å². The van der Waals surface area contributed by atoms with Crippen LogP contribution in [0.4, 0.5) is 5.69 Å². The highest BCUT2D eigenvalue weighted by Crippen LogP contribution is 2.22. The van der Waals surface area contributed by atoms with E-state index in [1.165, 1.54) is 0 Å². The van der Waals surface area contributed by atoms with Crippen LogP contribution in [0.3, 0.4) is 0 Å². The van der Waals surface area contributed by atoms with E-state index >= 15 is 0 Å². The van der Waals surface area contributed by atoms with Crippen molar-refractivity contribution in [2.75, 3.05) is 11.5 Å². The van der Waals surface area contributed by atoms with Gasteiger partial charge in [0.15, 0.2) is 0 Å². The fourth-order valence-corrected chi connectivity index (χ4v) is 2.75. The van der Waals surface area contributed by atoms with Gasteiger partial charge in [-0.3, -0.25) is 4.21 Å². The zero-order chi connectivity index (χ0) is 11.4. The minimum absolute atomic E-state index is 0.477. The van der Waals surface area contributed by atoms with Crippen molar-refractivity contribution in [2.45, 2.75) is 25.2 Å². The second-order valence-corrected chi connectivity index (χ2v) is 5.89. The maximum absolute atomic E-state index is 11.8. The molecule has 0 aromatic heterocycles. The van der Waals surface area contributed by atoms with Crippen LogP contribution in [0.25, 0.3) is 0 Å². The third-order valence-corrected chi connectivity index (χ3v) is 3.83. The van der Waals surface area contributed by atoms with E-state index in [4.69, 9.17) is 17.3 Å². The standard InChI is InChI=1S/C11H16ClNOS/c1-8(2)5-6-15(14)9-3-4-11(13)10(12)7-9/h3-4,7-8H,5-6,13H2,1-2H3. The van der Waals surface area contributed by atoms with E-state index in [0.717, 1.165) is 11.3 Å². The van der Waals surface area contributed by atoms with E-state index in [-0.39, 0.29) is 0 Å². The molecule has 0 heterocycles. The summed E-state index contributed by atoms with van der Waals surface area (Å²) in [5.41, 5.74) is 6.11. The molecular formula is C11H16ClNOS. The monoisotopic (exact) mass is 245 g/mol. The molecule has 0 aliphatic carbocycles. The Hall–Kier alpha value is -0.540. The Morgan fingerprint density at radius 1 is 1.47 bits per heavy atom. The lowest BCUT2D eigenvalue weighted by molar-refractivity contribution is 0.619. The molecule has 1 rings (SSSR count). The van der Waals surface area contributed by atoms with E-state index in [9.17, 15) is 4.21 Å². The van der Waals surface area contributed by atoms with Crippen molar-refractivity contribution in [1.29, 1.82) is 0 Å². The lowest BCUT2D eigenvalue weighted by Gasteiger charge is -2.06. The van der Waals surface area contributed by atoms with E-state index < -0.39 is 10.8 Å². The largest absolute Gasteiger partial charge is 0.398 e. The summed E-state index contributed by atoms with van der Waals surface area (Å²) in [4.78, 5) is 0.759. The van der Waals surface area contributed by atoms with Gasteiger partial charge in [-0.1, -0.05) is 25.4 Å². The number of hydrogen-bond donors (Lipinski definition) is 1. The normalized spacial score (nSPS) is 13.1. The predicted molar refractivity (Wildman–Crippen MR) is 66.6 cm³/mol. The van der Waals surface area contributed by atoms with E-state index in [2.05, 4.69) is 13.8 Å². The Kier molecular flexibility index (Phi) is 4.61. The second-order valence-electron chi connectivity index (χ2n) is 3.92. The average molecular weight is 246 g/mol. The molecule has 1 aromatic rings. The number of benzene rings is 1. The van der Waals surface area contributed by atoms with Gasteiger partial charge in [0, 0.05) is 10.6 Å². The minimum Gasteiger partial charge on any atom is -0.398 e. The van der Waals surface area contributed by atoms with Gasteiger partial charge < -0.3 is 5.73 Å². The molecular weight excluding hydrogens is 230 g/mol. The molecule has 0 aliphatic heterocycles. The minimum atomic E-state index is -0.963. The van der Waals surface area contributed by atoms with Gasteiger partial charge >= 0.3 is 0 Å². The quantitative estimate of drug-likeness (QED) is 0.829. The first-order valence-corrected chi connectivity index (χ1v) is 6.64. The Morgan fingerprint density at radius 2 is 2.13 bits per heavy atom. The second kappa shape index (κ2) is 5.52. The summed E-state index contributed by atoms with van der Waals surface area (Å²) in [6.07, 6.45) is 0.953. The number of nitrogens with two attached hydrogens (primary N) is 1. The van der Waals surface area contributed by atoms with Gasteiger partial charge in [0.1, 0.15) is 0 Å².